The summed E-state index contributed by atoms with van der Waals surface area (Å²) in [5.74, 6) is 2.17. The number of nitrogens with zero attached hydrogens (tertiary/aromatic N) is 1. The van der Waals surface area contributed by atoms with Crippen LogP contribution in [0.25, 0.3) is 0 Å². The quantitative estimate of drug-likeness (QED) is 0.306. The van der Waals surface area contributed by atoms with Crippen LogP contribution in [-0.4, -0.2) is 53.1 Å². The van der Waals surface area contributed by atoms with Gasteiger partial charge in [0.25, 0.3) is 0 Å². The average Bonchev–Trinajstić information content (AvgIpc) is 2.60. The summed E-state index contributed by atoms with van der Waals surface area (Å²) in [6, 6.07) is 3.50. The summed E-state index contributed by atoms with van der Waals surface area (Å²) in [7, 11) is 4.65. The summed E-state index contributed by atoms with van der Waals surface area (Å²) in [5, 5.41) is 5.94. The van der Waals surface area contributed by atoms with Gasteiger partial charge in [0.2, 0.25) is 0 Å². The number of nitrogens with one attached hydrogen (secondary N) is 2. The molecule has 0 fully saturated rings. The number of alkyl halides is 3. The molecule has 2 N–H and O–H groups in total. The first-order valence-corrected chi connectivity index (χ1v) is 8.22. The zero-order chi connectivity index (χ0) is 19.6. The van der Waals surface area contributed by atoms with Crippen LogP contribution in [0.1, 0.15) is 18.9 Å². The van der Waals surface area contributed by atoms with Gasteiger partial charge in [0.05, 0.1) is 34.3 Å². The molecule has 1 aromatic rings. The van der Waals surface area contributed by atoms with E-state index in [4.69, 9.17) is 14.2 Å². The van der Waals surface area contributed by atoms with Crippen LogP contribution in [0.5, 0.6) is 17.2 Å². The third-order valence-electron chi connectivity index (χ3n) is 3.49. The Kier molecular flexibility index (Phi) is 12.0. The summed E-state index contributed by atoms with van der Waals surface area (Å²) in [5.41, 5.74) is 0.828. The number of rotatable bonds is 9. The summed E-state index contributed by atoms with van der Waals surface area (Å²) in [4.78, 5) is 3.93. The average molecular weight is 505 g/mol. The number of ether oxygens (including phenoxy) is 3. The molecule has 0 radical (unpaired) electrons. The Hall–Kier alpha value is -1.59. The van der Waals surface area contributed by atoms with E-state index in [0.717, 1.165) is 5.56 Å². The zero-order valence-corrected chi connectivity index (χ0v) is 18.2. The van der Waals surface area contributed by atoms with E-state index in [1.165, 1.54) is 0 Å². The number of aliphatic imine (C=N–C) groups is 1. The molecule has 0 aliphatic heterocycles. The van der Waals surface area contributed by atoms with Gasteiger partial charge in [-0.1, -0.05) is 0 Å². The maximum absolute atomic E-state index is 12.2. The van der Waals surface area contributed by atoms with Gasteiger partial charge in [-0.25, -0.2) is 0 Å². The second kappa shape index (κ2) is 12.7. The number of benzene rings is 1. The molecule has 0 saturated carbocycles. The highest BCUT2D eigenvalue weighted by Crippen LogP contribution is 2.34. The van der Waals surface area contributed by atoms with Gasteiger partial charge in [-0.15, -0.1) is 24.0 Å². The number of methoxy groups -OCH3 is 3. The highest BCUT2D eigenvalue weighted by Gasteiger charge is 2.26. The van der Waals surface area contributed by atoms with Crippen molar-refractivity contribution in [3.8, 4) is 17.2 Å². The van der Waals surface area contributed by atoms with Crippen molar-refractivity contribution in [2.75, 3.05) is 41.0 Å². The molecular formula is C17H27F3IN3O3. The zero-order valence-electron chi connectivity index (χ0n) is 15.9. The van der Waals surface area contributed by atoms with Gasteiger partial charge in [0, 0.05) is 30.8 Å². The van der Waals surface area contributed by atoms with Crippen LogP contribution in [0.3, 0.4) is 0 Å². The third kappa shape index (κ3) is 9.25. The molecule has 1 aromatic carbocycles. The van der Waals surface area contributed by atoms with Gasteiger partial charge in [-0.3, -0.25) is 4.99 Å². The number of halogens is 4. The molecule has 27 heavy (non-hydrogen) atoms. The summed E-state index contributed by atoms with van der Waals surface area (Å²) >= 11 is 0. The van der Waals surface area contributed by atoms with Crippen LogP contribution >= 0.6 is 24.0 Å². The predicted octanol–water partition coefficient (Wildman–Crippen LogP) is 3.38. The van der Waals surface area contributed by atoms with Gasteiger partial charge >= 0.3 is 6.18 Å². The van der Waals surface area contributed by atoms with Crippen LogP contribution in [0, 0.1) is 0 Å². The van der Waals surface area contributed by atoms with E-state index in [0.29, 0.717) is 42.7 Å². The molecule has 0 saturated heterocycles. The van der Waals surface area contributed by atoms with E-state index in [2.05, 4.69) is 15.6 Å². The van der Waals surface area contributed by atoms with Crippen molar-refractivity contribution in [1.82, 2.24) is 10.6 Å². The van der Waals surface area contributed by atoms with E-state index in [9.17, 15) is 13.2 Å². The standard InChI is InChI=1S/C17H26F3N3O3.HI/c1-5-21-16(23-9-7-17(18,19)20)22-8-6-13-14(25-3)10-12(24-2)11-15(13)26-4;/h10-11H,5-9H2,1-4H3,(H2,21,22,23);1H. The lowest BCUT2D eigenvalue weighted by Gasteiger charge is -2.16. The first kappa shape index (κ1) is 25.4. The topological polar surface area (TPSA) is 64.1 Å². The SMILES string of the molecule is CCNC(=NCCC(F)(F)F)NCCc1c(OC)cc(OC)cc1OC.I. The minimum absolute atomic E-state index is 0. The Morgan fingerprint density at radius 1 is 1.04 bits per heavy atom. The van der Waals surface area contributed by atoms with E-state index < -0.39 is 12.6 Å². The molecule has 156 valence electrons. The predicted molar refractivity (Wildman–Crippen MR) is 110 cm³/mol. The van der Waals surface area contributed by atoms with Crippen molar-refractivity contribution in [3.05, 3.63) is 17.7 Å². The molecule has 0 atom stereocenters. The minimum Gasteiger partial charge on any atom is -0.496 e. The maximum atomic E-state index is 12.2. The molecule has 0 unspecified atom stereocenters. The highest BCUT2D eigenvalue weighted by atomic mass is 127. The minimum atomic E-state index is -4.22. The number of hydrogen-bond donors (Lipinski definition) is 2. The normalized spacial score (nSPS) is 11.4. The first-order valence-electron chi connectivity index (χ1n) is 8.22. The molecule has 0 bridgehead atoms. The molecule has 0 aliphatic rings. The summed E-state index contributed by atoms with van der Waals surface area (Å²) < 4.78 is 52.7. The van der Waals surface area contributed by atoms with Gasteiger partial charge in [0.15, 0.2) is 5.96 Å². The fourth-order valence-corrected chi connectivity index (χ4v) is 2.27. The second-order valence-corrected chi connectivity index (χ2v) is 5.31. The Morgan fingerprint density at radius 2 is 1.63 bits per heavy atom. The highest BCUT2D eigenvalue weighted by molar-refractivity contribution is 14.0. The van der Waals surface area contributed by atoms with Gasteiger partial charge in [0.1, 0.15) is 17.2 Å². The van der Waals surface area contributed by atoms with Crippen molar-refractivity contribution in [2.45, 2.75) is 25.9 Å². The lowest BCUT2D eigenvalue weighted by Crippen LogP contribution is -2.38. The Morgan fingerprint density at radius 3 is 2.07 bits per heavy atom. The molecule has 0 aliphatic carbocycles. The van der Waals surface area contributed by atoms with Crippen molar-refractivity contribution in [3.63, 3.8) is 0 Å². The Labute approximate surface area is 174 Å². The van der Waals surface area contributed by atoms with Crippen molar-refractivity contribution in [2.24, 2.45) is 4.99 Å². The van der Waals surface area contributed by atoms with Crippen molar-refractivity contribution in [1.29, 1.82) is 0 Å². The van der Waals surface area contributed by atoms with Crippen LogP contribution in [0.4, 0.5) is 13.2 Å². The lowest BCUT2D eigenvalue weighted by molar-refractivity contribution is -0.132. The van der Waals surface area contributed by atoms with Crippen molar-refractivity contribution >= 4 is 29.9 Å². The number of hydrogen-bond acceptors (Lipinski definition) is 4. The molecule has 0 amide bonds. The maximum Gasteiger partial charge on any atom is 0.390 e. The first-order chi connectivity index (χ1) is 12.3. The second-order valence-electron chi connectivity index (χ2n) is 5.31. The molecule has 10 heteroatoms. The van der Waals surface area contributed by atoms with Crippen LogP contribution < -0.4 is 24.8 Å². The molecule has 0 aromatic heterocycles. The van der Waals surface area contributed by atoms with Crippen LogP contribution in [0.2, 0.25) is 0 Å². The molecule has 6 nitrogen and oxygen atoms in total. The van der Waals surface area contributed by atoms with Crippen LogP contribution in [-0.2, 0) is 6.42 Å². The Balaban J connectivity index is 0.00000676. The van der Waals surface area contributed by atoms with Crippen molar-refractivity contribution < 1.29 is 27.4 Å². The molecule has 0 spiro atoms. The summed E-state index contributed by atoms with van der Waals surface area (Å²) in [6.45, 7) is 2.51. The van der Waals surface area contributed by atoms with Gasteiger partial charge in [-0.05, 0) is 13.3 Å². The molecule has 0 heterocycles. The Bertz CT molecular complexity index is 574. The molecule has 1 rings (SSSR count). The fraction of sp³-hybridized carbons (Fsp3) is 0.588. The summed E-state index contributed by atoms with van der Waals surface area (Å²) in [6.07, 6.45) is -4.64. The van der Waals surface area contributed by atoms with Gasteiger partial charge in [-0.2, -0.15) is 13.2 Å². The fourth-order valence-electron chi connectivity index (χ4n) is 2.27. The lowest BCUT2D eigenvalue weighted by atomic mass is 10.1. The van der Waals surface area contributed by atoms with Gasteiger partial charge < -0.3 is 24.8 Å². The smallest absolute Gasteiger partial charge is 0.390 e. The van der Waals surface area contributed by atoms with E-state index in [1.807, 2.05) is 6.92 Å². The van der Waals surface area contributed by atoms with E-state index in [1.54, 1.807) is 33.5 Å². The van der Waals surface area contributed by atoms with Crippen LogP contribution in [0.15, 0.2) is 17.1 Å². The van der Waals surface area contributed by atoms with E-state index >= 15 is 0 Å². The number of guanidine groups is 1. The monoisotopic (exact) mass is 505 g/mol. The van der Waals surface area contributed by atoms with E-state index in [-0.39, 0.29) is 30.5 Å². The largest absolute Gasteiger partial charge is 0.496 e. The molecular weight excluding hydrogens is 478 g/mol. The third-order valence-corrected chi connectivity index (χ3v) is 3.49.